The SMILES string of the molecule is CC(C)NC(=O)CSc1ccc(N2CCN(c3ccccc3)CC2)nn1. The van der Waals surface area contributed by atoms with Crippen molar-refractivity contribution in [2.24, 2.45) is 0 Å². The van der Waals surface area contributed by atoms with E-state index < -0.39 is 0 Å². The Balaban J connectivity index is 1.49. The van der Waals surface area contributed by atoms with Gasteiger partial charge in [0.05, 0.1) is 5.75 Å². The number of aromatic nitrogens is 2. The van der Waals surface area contributed by atoms with Gasteiger partial charge in [0.1, 0.15) is 5.03 Å². The molecule has 1 amide bonds. The highest BCUT2D eigenvalue weighted by Gasteiger charge is 2.18. The van der Waals surface area contributed by atoms with Gasteiger partial charge in [0.2, 0.25) is 5.91 Å². The average Bonchev–Trinajstić information content (AvgIpc) is 2.67. The first-order chi connectivity index (χ1) is 12.6. The number of rotatable bonds is 6. The molecule has 1 fully saturated rings. The van der Waals surface area contributed by atoms with Crippen LogP contribution in [-0.4, -0.2) is 54.1 Å². The van der Waals surface area contributed by atoms with Crippen LogP contribution in [0.3, 0.4) is 0 Å². The maximum Gasteiger partial charge on any atom is 0.230 e. The molecule has 26 heavy (non-hydrogen) atoms. The molecule has 2 heterocycles. The van der Waals surface area contributed by atoms with Gasteiger partial charge in [-0.15, -0.1) is 10.2 Å². The molecule has 1 aliphatic rings. The van der Waals surface area contributed by atoms with E-state index in [-0.39, 0.29) is 11.9 Å². The van der Waals surface area contributed by atoms with Crippen molar-refractivity contribution in [3.63, 3.8) is 0 Å². The van der Waals surface area contributed by atoms with Crippen LogP contribution in [0, 0.1) is 0 Å². The number of hydrogen-bond acceptors (Lipinski definition) is 6. The van der Waals surface area contributed by atoms with Crippen molar-refractivity contribution in [3.8, 4) is 0 Å². The van der Waals surface area contributed by atoms with Crippen molar-refractivity contribution in [1.82, 2.24) is 15.5 Å². The van der Waals surface area contributed by atoms with Crippen LogP contribution in [0.4, 0.5) is 11.5 Å². The molecule has 1 aromatic heterocycles. The lowest BCUT2D eigenvalue weighted by Crippen LogP contribution is -2.46. The first-order valence-corrected chi connectivity index (χ1v) is 9.91. The van der Waals surface area contributed by atoms with Crippen LogP contribution in [-0.2, 0) is 4.79 Å². The normalized spacial score (nSPS) is 14.6. The van der Waals surface area contributed by atoms with E-state index in [0.29, 0.717) is 5.75 Å². The number of hydrogen-bond donors (Lipinski definition) is 1. The molecule has 0 saturated carbocycles. The van der Waals surface area contributed by atoms with E-state index in [9.17, 15) is 4.79 Å². The lowest BCUT2D eigenvalue weighted by atomic mass is 10.2. The average molecular weight is 372 g/mol. The third-order valence-electron chi connectivity index (χ3n) is 4.15. The second kappa shape index (κ2) is 8.89. The molecule has 0 bridgehead atoms. The van der Waals surface area contributed by atoms with Crippen molar-refractivity contribution in [2.75, 3.05) is 41.7 Å². The van der Waals surface area contributed by atoms with Crippen molar-refractivity contribution in [1.29, 1.82) is 0 Å². The summed E-state index contributed by atoms with van der Waals surface area (Å²) in [6, 6.07) is 14.6. The summed E-state index contributed by atoms with van der Waals surface area (Å²) in [5, 5.41) is 12.3. The van der Waals surface area contributed by atoms with Gasteiger partial charge in [-0.3, -0.25) is 4.79 Å². The van der Waals surface area contributed by atoms with Gasteiger partial charge in [-0.1, -0.05) is 30.0 Å². The third-order valence-corrected chi connectivity index (χ3v) is 5.07. The first kappa shape index (κ1) is 18.5. The van der Waals surface area contributed by atoms with Crippen molar-refractivity contribution in [2.45, 2.75) is 24.9 Å². The fourth-order valence-electron chi connectivity index (χ4n) is 2.89. The van der Waals surface area contributed by atoms with E-state index in [2.05, 4.69) is 49.6 Å². The Labute approximate surface area is 159 Å². The molecule has 1 saturated heterocycles. The molecule has 1 aromatic carbocycles. The number of thioether (sulfide) groups is 1. The van der Waals surface area contributed by atoms with Crippen LogP contribution in [0.2, 0.25) is 0 Å². The van der Waals surface area contributed by atoms with Gasteiger partial charge in [0.15, 0.2) is 5.82 Å². The van der Waals surface area contributed by atoms with Crippen LogP contribution >= 0.6 is 11.8 Å². The zero-order valence-corrected chi connectivity index (χ0v) is 16.1. The van der Waals surface area contributed by atoms with Crippen LogP contribution in [0.25, 0.3) is 0 Å². The van der Waals surface area contributed by atoms with Crippen LogP contribution < -0.4 is 15.1 Å². The molecule has 2 aromatic rings. The third kappa shape index (κ3) is 5.11. The summed E-state index contributed by atoms with van der Waals surface area (Å²) in [6.07, 6.45) is 0. The Morgan fingerprint density at radius 3 is 2.35 bits per heavy atom. The quantitative estimate of drug-likeness (QED) is 0.787. The maximum absolute atomic E-state index is 11.7. The van der Waals surface area contributed by atoms with E-state index >= 15 is 0 Å². The highest BCUT2D eigenvalue weighted by Crippen LogP contribution is 2.20. The number of amides is 1. The molecule has 3 rings (SSSR count). The number of nitrogens with one attached hydrogen (secondary N) is 1. The fraction of sp³-hybridized carbons (Fsp3) is 0.421. The smallest absolute Gasteiger partial charge is 0.230 e. The summed E-state index contributed by atoms with van der Waals surface area (Å²) in [5.74, 6) is 1.28. The highest BCUT2D eigenvalue weighted by molar-refractivity contribution is 7.99. The largest absolute Gasteiger partial charge is 0.368 e. The lowest BCUT2D eigenvalue weighted by Gasteiger charge is -2.36. The van der Waals surface area contributed by atoms with E-state index in [1.165, 1.54) is 17.4 Å². The number of carbonyl (C=O) groups excluding carboxylic acids is 1. The minimum atomic E-state index is 0.0212. The van der Waals surface area contributed by atoms with E-state index in [1.807, 2.05) is 32.0 Å². The van der Waals surface area contributed by atoms with Gasteiger partial charge in [-0.05, 0) is 38.1 Å². The Morgan fingerprint density at radius 1 is 1.04 bits per heavy atom. The number of anilines is 2. The molecule has 0 spiro atoms. The van der Waals surface area contributed by atoms with Crippen LogP contribution in [0.1, 0.15) is 13.8 Å². The summed E-state index contributed by atoms with van der Waals surface area (Å²) in [6.45, 7) is 7.69. The first-order valence-electron chi connectivity index (χ1n) is 8.92. The maximum atomic E-state index is 11.7. The van der Waals surface area contributed by atoms with Gasteiger partial charge < -0.3 is 15.1 Å². The molecule has 6 nitrogen and oxygen atoms in total. The Bertz CT molecular complexity index is 700. The zero-order valence-electron chi connectivity index (χ0n) is 15.3. The molecule has 138 valence electrons. The predicted molar refractivity (Wildman–Crippen MR) is 107 cm³/mol. The predicted octanol–water partition coefficient (Wildman–Crippen LogP) is 2.42. The fourth-order valence-corrected chi connectivity index (χ4v) is 3.52. The summed E-state index contributed by atoms with van der Waals surface area (Å²) >= 11 is 1.41. The van der Waals surface area contributed by atoms with Gasteiger partial charge in [0.25, 0.3) is 0 Å². The van der Waals surface area contributed by atoms with Crippen LogP contribution in [0.15, 0.2) is 47.5 Å². The van der Waals surface area contributed by atoms with E-state index in [1.54, 1.807) is 0 Å². The molecule has 1 N–H and O–H groups in total. The summed E-state index contributed by atoms with van der Waals surface area (Å²) in [4.78, 5) is 16.3. The minimum absolute atomic E-state index is 0.0212. The molecule has 0 aliphatic carbocycles. The van der Waals surface area contributed by atoms with E-state index in [4.69, 9.17) is 0 Å². The second-order valence-electron chi connectivity index (χ2n) is 6.55. The van der Waals surface area contributed by atoms with Crippen molar-refractivity contribution < 1.29 is 4.79 Å². The lowest BCUT2D eigenvalue weighted by molar-refractivity contribution is -0.119. The monoisotopic (exact) mass is 371 g/mol. The molecule has 7 heteroatoms. The van der Waals surface area contributed by atoms with Gasteiger partial charge >= 0.3 is 0 Å². The van der Waals surface area contributed by atoms with Crippen molar-refractivity contribution >= 4 is 29.2 Å². The molecule has 0 unspecified atom stereocenters. The van der Waals surface area contributed by atoms with Gasteiger partial charge in [0, 0.05) is 37.9 Å². The molecular weight excluding hydrogens is 346 g/mol. The highest BCUT2D eigenvalue weighted by atomic mass is 32.2. The number of piperazine rings is 1. The van der Waals surface area contributed by atoms with Crippen LogP contribution in [0.5, 0.6) is 0 Å². The molecule has 1 aliphatic heterocycles. The topological polar surface area (TPSA) is 61.4 Å². The number of benzene rings is 1. The Hall–Kier alpha value is -2.28. The van der Waals surface area contributed by atoms with E-state index in [0.717, 1.165) is 37.0 Å². The Morgan fingerprint density at radius 2 is 1.73 bits per heavy atom. The summed E-state index contributed by atoms with van der Waals surface area (Å²) in [7, 11) is 0. The molecule has 0 radical (unpaired) electrons. The zero-order chi connectivity index (χ0) is 18.4. The van der Waals surface area contributed by atoms with Gasteiger partial charge in [-0.25, -0.2) is 0 Å². The molecule has 0 atom stereocenters. The van der Waals surface area contributed by atoms with Crippen molar-refractivity contribution in [3.05, 3.63) is 42.5 Å². The van der Waals surface area contributed by atoms with Gasteiger partial charge in [-0.2, -0.15) is 0 Å². The Kier molecular flexibility index (Phi) is 6.33. The number of nitrogens with zero attached hydrogens (tertiary/aromatic N) is 4. The summed E-state index contributed by atoms with van der Waals surface area (Å²) in [5.41, 5.74) is 1.27. The minimum Gasteiger partial charge on any atom is -0.368 e. The molecular formula is C19H25N5OS. The standard InChI is InChI=1S/C19H25N5OS/c1-15(2)20-18(25)14-26-19-9-8-17(21-22-19)24-12-10-23(11-13-24)16-6-4-3-5-7-16/h3-9,15H,10-14H2,1-2H3,(H,20,25). The number of para-hydroxylation sites is 1. The summed E-state index contributed by atoms with van der Waals surface area (Å²) < 4.78 is 0. The number of carbonyl (C=O) groups is 1. The second-order valence-corrected chi connectivity index (χ2v) is 7.55.